The molecule has 0 aliphatic rings. The van der Waals surface area contributed by atoms with Gasteiger partial charge in [0.15, 0.2) is 0 Å². The molecule has 9 N–H and O–H groups in total. The van der Waals surface area contributed by atoms with Crippen LogP contribution in [0.1, 0.15) is 14.3 Å². The molecule has 0 aliphatic heterocycles. The number of aliphatic hydroxyl groups is 1. The summed E-state index contributed by atoms with van der Waals surface area (Å²) in [7, 11) is -15.3. The van der Waals surface area contributed by atoms with Crippen LogP contribution in [0.25, 0.3) is 0 Å². The van der Waals surface area contributed by atoms with Crippen LogP contribution in [0.3, 0.4) is 0 Å². The van der Waals surface area contributed by atoms with Gasteiger partial charge in [0.1, 0.15) is 0 Å². The molecule has 0 spiro atoms. The molecule has 0 rings (SSSR count). The topological polar surface area (TPSA) is 236 Å². The van der Waals surface area contributed by atoms with Gasteiger partial charge in [0.25, 0.3) is 5.08 Å². The summed E-state index contributed by atoms with van der Waals surface area (Å²) in [6.07, 6.45) is -0.856. The molecule has 20 heavy (non-hydrogen) atoms. The van der Waals surface area contributed by atoms with Crippen molar-refractivity contribution in [1.82, 2.24) is 0 Å². The molecule has 0 atom stereocenters. The van der Waals surface area contributed by atoms with E-state index in [1.165, 1.54) is 0 Å². The van der Waals surface area contributed by atoms with Gasteiger partial charge in [-0.15, -0.1) is 0 Å². The molecule has 0 amide bonds. The van der Waals surface area contributed by atoms with Gasteiger partial charge in [-0.3, -0.25) is 18.2 Å². The Balaban J connectivity index is -0.000000179. The minimum Gasteiger partial charge on any atom is -1.00 e. The first-order valence-corrected chi connectivity index (χ1v) is 8.92. The first-order chi connectivity index (χ1) is 8.06. The van der Waals surface area contributed by atoms with Gasteiger partial charge in [-0.25, -0.2) is 0 Å². The smallest absolute Gasteiger partial charge is 1.00 e. The van der Waals surface area contributed by atoms with Crippen molar-refractivity contribution in [3.63, 3.8) is 0 Å². The Morgan fingerprint density at radius 1 is 1.05 bits per heavy atom. The van der Waals surface area contributed by atoms with E-state index in [-0.39, 0.29) is 43.9 Å². The van der Waals surface area contributed by atoms with Crippen LogP contribution in [-0.2, 0) is 19.5 Å². The van der Waals surface area contributed by atoms with E-state index in [9.17, 15) is 14.2 Å². The zero-order valence-corrected chi connectivity index (χ0v) is 14.9. The van der Waals surface area contributed by atoms with Gasteiger partial charge in [-0.1, -0.05) is 0 Å². The molecule has 12 nitrogen and oxygen atoms in total. The van der Waals surface area contributed by atoms with Crippen molar-refractivity contribution in [3.8, 4) is 0 Å². The van der Waals surface area contributed by atoms with Gasteiger partial charge in [-0.05, 0) is 13.0 Å². The second-order valence-electron chi connectivity index (χ2n) is 3.20. The maximum Gasteiger partial charge on any atom is 1.00 e. The molecular weight excluding hydrogens is 355 g/mol. The molecule has 0 fully saturated rings. The summed E-state index contributed by atoms with van der Waals surface area (Å²) in [5.41, 5.74) is 5.01. The van der Waals surface area contributed by atoms with Crippen molar-refractivity contribution in [1.29, 1.82) is 0 Å². The summed E-state index contributed by atoms with van der Waals surface area (Å²) in [6.45, 7) is -0.0394. The van der Waals surface area contributed by atoms with Crippen molar-refractivity contribution >= 4 is 25.6 Å². The zero-order valence-electron chi connectivity index (χ0n) is 11.3. The predicted octanol–water partition coefficient (Wildman–Crippen LogP) is -4.81. The Morgan fingerprint density at radius 3 is 1.45 bits per heavy atom. The van der Waals surface area contributed by atoms with Gasteiger partial charge < -0.3 is 31.8 Å². The van der Waals surface area contributed by atoms with Gasteiger partial charge in [-0.2, -0.15) is 8.42 Å². The third-order valence-corrected chi connectivity index (χ3v) is 5.53. The van der Waals surface area contributed by atoms with Gasteiger partial charge in [0.2, 0.25) is 0 Å². The van der Waals surface area contributed by atoms with Gasteiger partial charge in [0, 0.05) is 6.42 Å². The summed E-state index contributed by atoms with van der Waals surface area (Å²) in [6, 6.07) is 0. The molecule has 0 aliphatic carbocycles. The van der Waals surface area contributed by atoms with Crippen molar-refractivity contribution < 1.29 is 82.3 Å². The van der Waals surface area contributed by atoms with Crippen LogP contribution in [0.4, 0.5) is 0 Å². The Kier molecular flexibility index (Phi) is 12.1. The number of hydrogen-bond acceptors (Lipinski definition) is 6. The van der Waals surface area contributed by atoms with E-state index in [4.69, 9.17) is 42.8 Å². The van der Waals surface area contributed by atoms with E-state index in [2.05, 4.69) is 0 Å². The molecule has 0 aromatic rings. The third-order valence-electron chi connectivity index (χ3n) is 1.65. The predicted molar refractivity (Wildman–Crippen MR) is 62.6 cm³/mol. The largest absolute Gasteiger partial charge is 1.00 e. The molecule has 0 aromatic heterocycles. The average molecular weight is 371 g/mol. The Hall–Kier alpha value is 1.09. The molecule has 0 saturated carbocycles. The number of rotatable bonds is 5. The fourth-order valence-electron chi connectivity index (χ4n) is 0.800. The SMILES string of the molecule is NCCCC(O)(P(=O)(O)O)P(=O)(O)O.O=S(=O)(O)O.[H-].[Na+]. The van der Waals surface area contributed by atoms with E-state index in [1.54, 1.807) is 0 Å². The standard InChI is InChI=1S/C4H13NO7P2.Na.H2O4S.H/c5-3-1-2-4(6,13(7,8)9)14(10,11)12;;1-5(2,3)4;/h6H,1-3,5H2,(H2,7,8,9)(H2,10,11,12);;(H2,1,2,3,4);/q;+1;;-1. The van der Waals surface area contributed by atoms with Crippen molar-refractivity contribution in [2.24, 2.45) is 5.73 Å². The molecule has 0 radical (unpaired) electrons. The third kappa shape index (κ3) is 10.8. The normalized spacial score (nSPS) is 13.0. The summed E-state index contributed by atoms with van der Waals surface area (Å²) < 4.78 is 53.0. The summed E-state index contributed by atoms with van der Waals surface area (Å²) in [4.78, 5) is 34.5. The second-order valence-corrected chi connectivity index (χ2v) is 8.11. The first-order valence-electron chi connectivity index (χ1n) is 4.30. The monoisotopic (exact) mass is 371 g/mol. The van der Waals surface area contributed by atoms with E-state index >= 15 is 0 Å². The number of nitrogens with two attached hydrogens (primary N) is 1. The van der Waals surface area contributed by atoms with Crippen molar-refractivity contribution in [2.45, 2.75) is 17.9 Å². The van der Waals surface area contributed by atoms with Crippen LogP contribution in [-0.4, -0.2) is 53.8 Å². The fraction of sp³-hybridized carbons (Fsp3) is 1.00. The van der Waals surface area contributed by atoms with Crippen LogP contribution >= 0.6 is 15.2 Å². The minimum atomic E-state index is -5.30. The van der Waals surface area contributed by atoms with Gasteiger partial charge >= 0.3 is 55.1 Å². The summed E-state index contributed by atoms with van der Waals surface area (Å²) in [5, 5.41) is 5.91. The van der Waals surface area contributed by atoms with Crippen LogP contribution in [0, 0.1) is 0 Å². The van der Waals surface area contributed by atoms with E-state index in [0.717, 1.165) is 0 Å². The van der Waals surface area contributed by atoms with E-state index in [0.29, 0.717) is 0 Å². The molecule has 0 unspecified atom stereocenters. The quantitative estimate of drug-likeness (QED) is 0.129. The molecule has 0 aromatic carbocycles. The Labute approximate surface area is 138 Å². The average Bonchev–Trinajstić information content (AvgIpc) is 2.07. The maximum atomic E-state index is 10.7. The van der Waals surface area contributed by atoms with Crippen LogP contribution in [0.5, 0.6) is 0 Å². The van der Waals surface area contributed by atoms with E-state index < -0.39 is 37.1 Å². The maximum absolute atomic E-state index is 10.7. The van der Waals surface area contributed by atoms with E-state index in [1.807, 2.05) is 0 Å². The zero-order chi connectivity index (χ0) is 16.1. The number of hydrogen-bond donors (Lipinski definition) is 8. The fourth-order valence-corrected chi connectivity index (χ4v) is 3.06. The van der Waals surface area contributed by atoms with Crippen molar-refractivity contribution in [3.05, 3.63) is 0 Å². The molecule has 0 saturated heterocycles. The Bertz CT molecular complexity index is 443. The molecule has 16 heteroatoms. The van der Waals surface area contributed by atoms with Crippen LogP contribution in [0.2, 0.25) is 0 Å². The molecule has 0 heterocycles. The minimum absolute atomic E-state index is 0. The molecule has 0 bridgehead atoms. The Morgan fingerprint density at radius 2 is 1.30 bits per heavy atom. The second kappa shape index (κ2) is 9.28. The molecular formula is C4H16NNaO11P2S. The van der Waals surface area contributed by atoms with Crippen molar-refractivity contribution in [2.75, 3.05) is 6.54 Å². The first kappa shape index (κ1) is 26.0. The van der Waals surface area contributed by atoms with Crippen LogP contribution in [0.15, 0.2) is 0 Å². The van der Waals surface area contributed by atoms with Crippen LogP contribution < -0.4 is 35.3 Å². The summed E-state index contributed by atoms with van der Waals surface area (Å²) >= 11 is 0. The van der Waals surface area contributed by atoms with Gasteiger partial charge in [0.05, 0.1) is 0 Å². The summed E-state index contributed by atoms with van der Waals surface area (Å²) in [5.74, 6) is 0. The molecule has 120 valence electrons.